The molecule has 0 radical (unpaired) electrons. The van der Waals surface area contributed by atoms with Gasteiger partial charge < -0.3 is 14.4 Å². The molecule has 1 N–H and O–H groups in total. The summed E-state index contributed by atoms with van der Waals surface area (Å²) in [6.07, 6.45) is 0. The topological polar surface area (TPSA) is 43.0 Å². The maximum Gasteiger partial charge on any atom is 0.134 e. The van der Waals surface area contributed by atoms with Gasteiger partial charge in [0.25, 0.3) is 0 Å². The van der Waals surface area contributed by atoms with Crippen molar-refractivity contribution in [3.63, 3.8) is 0 Å². The molecule has 2 aromatic heterocycles. The molecule has 0 saturated heterocycles. The lowest BCUT2D eigenvalue weighted by Crippen LogP contribution is -2.27. The molecule has 3 heterocycles. The second-order valence-corrected chi connectivity index (χ2v) is 3.86. The second kappa shape index (κ2) is 3.24. The molecule has 1 aliphatic rings. The van der Waals surface area contributed by atoms with E-state index in [1.807, 2.05) is 13.0 Å². The molecule has 0 atom stereocenters. The molecule has 4 nitrogen and oxygen atoms in total. The fraction of sp³-hybridized carbons (Fsp3) is 0.364. The lowest BCUT2D eigenvalue weighted by molar-refractivity contribution is 0.399. The Morgan fingerprint density at radius 1 is 1.47 bits per heavy atom. The van der Waals surface area contributed by atoms with Crippen LogP contribution in [0.25, 0.3) is 11.4 Å². The molecule has 0 unspecified atom stereocenters. The lowest BCUT2D eigenvalue weighted by atomic mass is 10.3. The van der Waals surface area contributed by atoms with E-state index >= 15 is 0 Å². The Balaban J connectivity index is 2.08. The number of nitrogens with zero attached hydrogens (tertiary/aromatic N) is 2. The van der Waals surface area contributed by atoms with Gasteiger partial charge in [-0.25, -0.2) is 0 Å². The maximum atomic E-state index is 5.10. The Labute approximate surface area is 87.9 Å². The molecule has 0 aliphatic carbocycles. The molecule has 3 rings (SSSR count). The molecule has 0 bridgehead atoms. The van der Waals surface area contributed by atoms with Gasteiger partial charge in [-0.05, 0) is 19.1 Å². The van der Waals surface area contributed by atoms with Crippen LogP contribution in [0.4, 0.5) is 0 Å². The van der Waals surface area contributed by atoms with Gasteiger partial charge in [0.05, 0.1) is 5.69 Å². The molecule has 0 spiro atoms. The smallest absolute Gasteiger partial charge is 0.134 e. The number of rotatable bonds is 1. The van der Waals surface area contributed by atoms with Crippen LogP contribution in [0.2, 0.25) is 0 Å². The molecule has 0 aromatic carbocycles. The molecule has 15 heavy (non-hydrogen) atoms. The van der Waals surface area contributed by atoms with Gasteiger partial charge in [0.1, 0.15) is 11.5 Å². The second-order valence-electron chi connectivity index (χ2n) is 3.86. The molecule has 78 valence electrons. The van der Waals surface area contributed by atoms with Crippen LogP contribution < -0.4 is 5.32 Å². The SMILES string of the molecule is Cc1cc(-c2ccc3n2CCNC3)no1. The molecule has 1 aliphatic heterocycles. The summed E-state index contributed by atoms with van der Waals surface area (Å²) in [5, 5.41) is 7.40. The van der Waals surface area contributed by atoms with E-state index in [0.717, 1.165) is 36.8 Å². The summed E-state index contributed by atoms with van der Waals surface area (Å²) in [6, 6.07) is 6.23. The van der Waals surface area contributed by atoms with Gasteiger partial charge >= 0.3 is 0 Å². The van der Waals surface area contributed by atoms with Crippen LogP contribution in [0.1, 0.15) is 11.5 Å². The zero-order valence-corrected chi connectivity index (χ0v) is 8.66. The first-order chi connectivity index (χ1) is 7.34. The van der Waals surface area contributed by atoms with Gasteiger partial charge in [-0.3, -0.25) is 0 Å². The normalized spacial score (nSPS) is 15.3. The van der Waals surface area contributed by atoms with E-state index in [-0.39, 0.29) is 0 Å². The number of nitrogens with one attached hydrogen (secondary N) is 1. The molecule has 0 fully saturated rings. The van der Waals surface area contributed by atoms with Crippen molar-refractivity contribution in [1.82, 2.24) is 15.0 Å². The van der Waals surface area contributed by atoms with Crippen LogP contribution in [0, 0.1) is 6.92 Å². The van der Waals surface area contributed by atoms with Gasteiger partial charge in [0, 0.05) is 31.4 Å². The molecular weight excluding hydrogens is 190 g/mol. The van der Waals surface area contributed by atoms with E-state index < -0.39 is 0 Å². The Bertz CT molecular complexity index is 484. The fourth-order valence-corrected chi connectivity index (χ4v) is 2.05. The summed E-state index contributed by atoms with van der Waals surface area (Å²) >= 11 is 0. The lowest BCUT2D eigenvalue weighted by Gasteiger charge is -2.18. The Hall–Kier alpha value is -1.55. The zero-order chi connectivity index (χ0) is 10.3. The van der Waals surface area contributed by atoms with Crippen LogP contribution >= 0.6 is 0 Å². The molecule has 4 heteroatoms. The maximum absolute atomic E-state index is 5.10. The van der Waals surface area contributed by atoms with Crippen molar-refractivity contribution in [2.24, 2.45) is 0 Å². The average molecular weight is 203 g/mol. The highest BCUT2D eigenvalue weighted by Gasteiger charge is 2.15. The minimum Gasteiger partial charge on any atom is -0.361 e. The van der Waals surface area contributed by atoms with Crippen molar-refractivity contribution in [2.75, 3.05) is 6.54 Å². The van der Waals surface area contributed by atoms with E-state index in [1.54, 1.807) is 0 Å². The summed E-state index contributed by atoms with van der Waals surface area (Å²) in [5.41, 5.74) is 3.40. The predicted molar refractivity (Wildman–Crippen MR) is 56.4 cm³/mol. The third-order valence-corrected chi connectivity index (χ3v) is 2.78. The van der Waals surface area contributed by atoms with Crippen molar-refractivity contribution in [2.45, 2.75) is 20.0 Å². The zero-order valence-electron chi connectivity index (χ0n) is 8.66. The summed E-state index contributed by atoms with van der Waals surface area (Å²) in [6.45, 7) is 4.88. The van der Waals surface area contributed by atoms with E-state index in [2.05, 4.69) is 27.2 Å². The van der Waals surface area contributed by atoms with E-state index in [1.165, 1.54) is 5.69 Å². The minimum atomic E-state index is 0.856. The first-order valence-electron chi connectivity index (χ1n) is 5.17. The van der Waals surface area contributed by atoms with Gasteiger partial charge in [0.15, 0.2) is 0 Å². The van der Waals surface area contributed by atoms with Crippen molar-refractivity contribution in [3.05, 3.63) is 29.7 Å². The third-order valence-electron chi connectivity index (χ3n) is 2.78. The van der Waals surface area contributed by atoms with Gasteiger partial charge in [-0.15, -0.1) is 0 Å². The fourth-order valence-electron chi connectivity index (χ4n) is 2.05. The highest BCUT2D eigenvalue weighted by atomic mass is 16.5. The number of fused-ring (bicyclic) bond motifs is 1. The molecule has 2 aromatic rings. The first-order valence-corrected chi connectivity index (χ1v) is 5.17. The minimum absolute atomic E-state index is 0.856. The number of hydrogen-bond donors (Lipinski definition) is 1. The molecular formula is C11H13N3O. The number of aromatic nitrogens is 2. The van der Waals surface area contributed by atoms with Gasteiger partial charge in [-0.2, -0.15) is 0 Å². The highest BCUT2D eigenvalue weighted by molar-refractivity contribution is 5.56. The van der Waals surface area contributed by atoms with Crippen LogP contribution in [-0.2, 0) is 13.1 Å². The standard InChI is InChI=1S/C11H13N3O/c1-8-6-10(13-15-8)11-3-2-9-7-12-4-5-14(9)11/h2-3,6,12H,4-5,7H2,1H3. The van der Waals surface area contributed by atoms with Crippen LogP contribution in [0.5, 0.6) is 0 Å². The Morgan fingerprint density at radius 2 is 2.40 bits per heavy atom. The Kier molecular flexibility index (Phi) is 1.89. The average Bonchev–Trinajstić information content (AvgIpc) is 2.83. The quantitative estimate of drug-likeness (QED) is 0.764. The largest absolute Gasteiger partial charge is 0.361 e. The summed E-state index contributed by atoms with van der Waals surface area (Å²) in [5.74, 6) is 0.856. The monoisotopic (exact) mass is 203 g/mol. The summed E-state index contributed by atoms with van der Waals surface area (Å²) < 4.78 is 7.40. The molecule has 0 saturated carbocycles. The highest BCUT2D eigenvalue weighted by Crippen LogP contribution is 2.23. The molecule has 0 amide bonds. The number of aryl methyl sites for hydroxylation is 1. The van der Waals surface area contributed by atoms with E-state index in [0.29, 0.717) is 0 Å². The van der Waals surface area contributed by atoms with Crippen molar-refractivity contribution in [1.29, 1.82) is 0 Å². The summed E-state index contributed by atoms with van der Waals surface area (Å²) in [4.78, 5) is 0. The van der Waals surface area contributed by atoms with Crippen LogP contribution in [0.3, 0.4) is 0 Å². The van der Waals surface area contributed by atoms with Crippen LogP contribution in [0.15, 0.2) is 22.7 Å². The van der Waals surface area contributed by atoms with Crippen molar-refractivity contribution >= 4 is 0 Å². The van der Waals surface area contributed by atoms with Gasteiger partial charge in [-0.1, -0.05) is 5.16 Å². The Morgan fingerprint density at radius 3 is 3.20 bits per heavy atom. The predicted octanol–water partition coefficient (Wildman–Crippen LogP) is 1.55. The summed E-state index contributed by atoms with van der Waals surface area (Å²) in [7, 11) is 0. The van der Waals surface area contributed by atoms with E-state index in [4.69, 9.17) is 4.52 Å². The van der Waals surface area contributed by atoms with E-state index in [9.17, 15) is 0 Å². The van der Waals surface area contributed by atoms with Crippen molar-refractivity contribution < 1.29 is 4.52 Å². The third kappa shape index (κ3) is 1.37. The van der Waals surface area contributed by atoms with Crippen LogP contribution in [-0.4, -0.2) is 16.3 Å². The van der Waals surface area contributed by atoms with Gasteiger partial charge in [0.2, 0.25) is 0 Å². The first kappa shape index (κ1) is 8.73. The van der Waals surface area contributed by atoms with Crippen molar-refractivity contribution in [3.8, 4) is 11.4 Å². The number of hydrogen-bond acceptors (Lipinski definition) is 3.